The molecule has 0 saturated carbocycles. The highest BCUT2D eigenvalue weighted by Crippen LogP contribution is 2.35. The van der Waals surface area contributed by atoms with Crippen molar-refractivity contribution in [2.45, 2.75) is 64.1 Å². The highest BCUT2D eigenvalue weighted by Gasteiger charge is 2.29. The van der Waals surface area contributed by atoms with Crippen molar-refractivity contribution in [3.8, 4) is 0 Å². The Morgan fingerprint density at radius 3 is 2.80 bits per heavy atom. The maximum Gasteiger partial charge on any atom is 0.0354 e. The lowest BCUT2D eigenvalue weighted by Gasteiger charge is -2.40. The normalized spacial score (nSPS) is 26.2. The Bertz CT molecular complexity index is 435. The monoisotopic (exact) mass is 272 g/mol. The fraction of sp³-hybridized carbons (Fsp3) is 0.667. The number of fused-ring (bicyclic) bond motifs is 1. The number of nitrogens with one attached hydrogen (secondary N) is 1. The van der Waals surface area contributed by atoms with Gasteiger partial charge in [0.15, 0.2) is 0 Å². The van der Waals surface area contributed by atoms with Gasteiger partial charge in [-0.3, -0.25) is 4.90 Å². The van der Waals surface area contributed by atoms with E-state index in [-0.39, 0.29) is 0 Å². The van der Waals surface area contributed by atoms with Crippen LogP contribution in [0.1, 0.15) is 56.7 Å². The van der Waals surface area contributed by atoms with E-state index in [1.54, 1.807) is 11.1 Å². The summed E-state index contributed by atoms with van der Waals surface area (Å²) in [6.45, 7) is 7.12. The van der Waals surface area contributed by atoms with Gasteiger partial charge < -0.3 is 5.32 Å². The van der Waals surface area contributed by atoms with Gasteiger partial charge in [-0.2, -0.15) is 0 Å². The minimum atomic E-state index is 0.619. The molecule has 0 aromatic heterocycles. The van der Waals surface area contributed by atoms with Gasteiger partial charge in [-0.1, -0.05) is 24.3 Å². The molecule has 0 spiro atoms. The third kappa shape index (κ3) is 2.91. The molecule has 1 N–H and O–H groups in total. The summed E-state index contributed by atoms with van der Waals surface area (Å²) in [4.78, 5) is 2.74. The first-order valence-electron chi connectivity index (χ1n) is 8.32. The summed E-state index contributed by atoms with van der Waals surface area (Å²) in [5, 5.41) is 3.66. The molecule has 1 aromatic carbocycles. The molecule has 1 saturated heterocycles. The summed E-state index contributed by atoms with van der Waals surface area (Å²) < 4.78 is 0. The molecule has 110 valence electrons. The Morgan fingerprint density at radius 2 is 2.05 bits per heavy atom. The van der Waals surface area contributed by atoms with Crippen LogP contribution in [0.5, 0.6) is 0 Å². The smallest absolute Gasteiger partial charge is 0.0354 e. The zero-order valence-corrected chi connectivity index (χ0v) is 12.9. The molecular formula is C18H28N2. The van der Waals surface area contributed by atoms with Crippen molar-refractivity contribution in [1.29, 1.82) is 0 Å². The molecule has 2 nitrogen and oxygen atoms in total. The number of hydrogen-bond acceptors (Lipinski definition) is 2. The molecule has 1 aromatic rings. The average Bonchev–Trinajstić information content (AvgIpc) is 2.97. The quantitative estimate of drug-likeness (QED) is 0.902. The van der Waals surface area contributed by atoms with E-state index < -0.39 is 0 Å². The van der Waals surface area contributed by atoms with Crippen LogP contribution in [-0.4, -0.2) is 30.1 Å². The summed E-state index contributed by atoms with van der Waals surface area (Å²) in [5.74, 6) is 0. The van der Waals surface area contributed by atoms with E-state index in [0.717, 1.165) is 0 Å². The number of aryl methyl sites for hydroxylation is 1. The van der Waals surface area contributed by atoms with Crippen molar-refractivity contribution in [3.05, 3.63) is 35.4 Å². The van der Waals surface area contributed by atoms with E-state index in [4.69, 9.17) is 0 Å². The lowest BCUT2D eigenvalue weighted by molar-refractivity contribution is 0.125. The van der Waals surface area contributed by atoms with Gasteiger partial charge in [-0.05, 0) is 63.6 Å². The van der Waals surface area contributed by atoms with Crippen molar-refractivity contribution in [1.82, 2.24) is 10.2 Å². The minimum Gasteiger partial charge on any atom is -0.313 e. The van der Waals surface area contributed by atoms with Crippen molar-refractivity contribution >= 4 is 0 Å². The van der Waals surface area contributed by atoms with E-state index in [2.05, 4.69) is 48.3 Å². The predicted molar refractivity (Wildman–Crippen MR) is 85.0 cm³/mol. The summed E-state index contributed by atoms with van der Waals surface area (Å²) in [6.07, 6.45) is 6.61. The van der Waals surface area contributed by atoms with Crippen LogP contribution in [0.25, 0.3) is 0 Å². The van der Waals surface area contributed by atoms with Crippen LogP contribution in [0.3, 0.4) is 0 Å². The molecule has 1 fully saturated rings. The fourth-order valence-electron chi connectivity index (χ4n) is 3.94. The maximum absolute atomic E-state index is 3.66. The maximum atomic E-state index is 3.66. The van der Waals surface area contributed by atoms with Crippen LogP contribution in [0.4, 0.5) is 0 Å². The predicted octanol–water partition coefficient (Wildman–Crippen LogP) is 3.53. The van der Waals surface area contributed by atoms with Gasteiger partial charge in [0, 0.05) is 24.7 Å². The number of nitrogens with zero attached hydrogens (tertiary/aromatic N) is 1. The molecule has 20 heavy (non-hydrogen) atoms. The number of benzene rings is 1. The van der Waals surface area contributed by atoms with Crippen LogP contribution in [0.2, 0.25) is 0 Å². The number of rotatable bonds is 4. The van der Waals surface area contributed by atoms with Gasteiger partial charge >= 0.3 is 0 Å². The van der Waals surface area contributed by atoms with Crippen LogP contribution < -0.4 is 5.32 Å². The molecule has 2 atom stereocenters. The van der Waals surface area contributed by atoms with Gasteiger partial charge in [0.05, 0.1) is 0 Å². The Kier molecular flexibility index (Phi) is 4.42. The third-order valence-corrected chi connectivity index (χ3v) is 4.99. The highest BCUT2D eigenvalue weighted by molar-refractivity contribution is 5.32. The van der Waals surface area contributed by atoms with Gasteiger partial charge in [0.1, 0.15) is 0 Å². The molecule has 2 heteroatoms. The summed E-state index contributed by atoms with van der Waals surface area (Å²) in [5.41, 5.74) is 3.17. The first-order valence-corrected chi connectivity index (χ1v) is 8.32. The Morgan fingerprint density at radius 1 is 1.20 bits per heavy atom. The largest absolute Gasteiger partial charge is 0.313 e. The second-order valence-electron chi connectivity index (χ2n) is 6.69. The van der Waals surface area contributed by atoms with Gasteiger partial charge in [-0.15, -0.1) is 0 Å². The molecule has 0 amide bonds. The Hall–Kier alpha value is -0.860. The van der Waals surface area contributed by atoms with E-state index in [1.165, 1.54) is 45.2 Å². The summed E-state index contributed by atoms with van der Waals surface area (Å²) >= 11 is 0. The lowest BCUT2D eigenvalue weighted by atomic mass is 9.86. The van der Waals surface area contributed by atoms with E-state index >= 15 is 0 Å². The molecule has 2 unspecified atom stereocenters. The average molecular weight is 272 g/mol. The van der Waals surface area contributed by atoms with Gasteiger partial charge in [0.25, 0.3) is 0 Å². The standard InChI is InChI=1S/C18H28N2/c1-14(2)20(13-16-9-6-12-19-16)18-11-5-8-15-7-3-4-10-17(15)18/h3-4,7,10,14,16,18-19H,5-6,8-9,11-13H2,1-2H3. The van der Waals surface area contributed by atoms with Crippen LogP contribution >= 0.6 is 0 Å². The molecule has 2 aliphatic rings. The number of hydrogen-bond donors (Lipinski definition) is 1. The van der Waals surface area contributed by atoms with E-state index in [0.29, 0.717) is 18.1 Å². The van der Waals surface area contributed by atoms with Crippen LogP contribution in [0, 0.1) is 0 Å². The SMILES string of the molecule is CC(C)N(CC1CCCN1)C1CCCc2ccccc21. The second kappa shape index (κ2) is 6.28. The Balaban J connectivity index is 1.80. The van der Waals surface area contributed by atoms with Crippen molar-refractivity contribution < 1.29 is 0 Å². The molecule has 1 aliphatic carbocycles. The Labute approximate surface area is 123 Å². The van der Waals surface area contributed by atoms with Crippen molar-refractivity contribution in [3.63, 3.8) is 0 Å². The summed E-state index contributed by atoms with van der Waals surface area (Å²) in [7, 11) is 0. The molecule has 1 heterocycles. The lowest BCUT2D eigenvalue weighted by Crippen LogP contribution is -2.44. The molecule has 0 radical (unpaired) electrons. The zero-order valence-electron chi connectivity index (χ0n) is 12.9. The fourth-order valence-corrected chi connectivity index (χ4v) is 3.94. The first kappa shape index (κ1) is 14.1. The van der Waals surface area contributed by atoms with Crippen molar-refractivity contribution in [2.24, 2.45) is 0 Å². The van der Waals surface area contributed by atoms with Crippen LogP contribution in [-0.2, 0) is 6.42 Å². The van der Waals surface area contributed by atoms with Crippen molar-refractivity contribution in [2.75, 3.05) is 13.1 Å². The topological polar surface area (TPSA) is 15.3 Å². The van der Waals surface area contributed by atoms with Gasteiger partial charge in [0.2, 0.25) is 0 Å². The van der Waals surface area contributed by atoms with E-state index in [1.807, 2.05) is 0 Å². The first-order chi connectivity index (χ1) is 9.75. The highest BCUT2D eigenvalue weighted by atomic mass is 15.2. The minimum absolute atomic E-state index is 0.619. The van der Waals surface area contributed by atoms with Crippen LogP contribution in [0.15, 0.2) is 24.3 Å². The van der Waals surface area contributed by atoms with E-state index in [9.17, 15) is 0 Å². The van der Waals surface area contributed by atoms with Gasteiger partial charge in [-0.25, -0.2) is 0 Å². The molecule has 0 bridgehead atoms. The summed E-state index contributed by atoms with van der Waals surface area (Å²) in [6, 6.07) is 11.0. The molecular weight excluding hydrogens is 244 g/mol. The molecule has 3 rings (SSSR count). The molecule has 1 aliphatic heterocycles. The third-order valence-electron chi connectivity index (χ3n) is 4.99. The second-order valence-corrected chi connectivity index (χ2v) is 6.69. The zero-order chi connectivity index (χ0) is 13.9.